The van der Waals surface area contributed by atoms with Crippen LogP contribution in [0.15, 0.2) is 58.8 Å². The maximum Gasteiger partial charge on any atom is 0.264 e. The molecule has 9 heteroatoms. The van der Waals surface area contributed by atoms with Crippen LogP contribution >= 0.6 is 0 Å². The monoisotopic (exact) mass is 425 g/mol. The van der Waals surface area contributed by atoms with E-state index in [2.05, 4.69) is 0 Å². The lowest BCUT2D eigenvalue weighted by Crippen LogP contribution is -2.37. The first kappa shape index (κ1) is 19.7. The molecule has 0 spiro atoms. The first-order valence-corrected chi connectivity index (χ1v) is 10.4. The van der Waals surface area contributed by atoms with Crippen LogP contribution in [-0.4, -0.2) is 29.7 Å². The largest absolute Gasteiger partial charge is 0.497 e. The van der Waals surface area contributed by atoms with E-state index in [4.69, 9.17) is 19.9 Å². The Labute approximate surface area is 174 Å². The number of nitriles is 1. The molecule has 2 aromatic carbocycles. The highest BCUT2D eigenvalue weighted by Gasteiger charge is 2.46. The van der Waals surface area contributed by atoms with Crippen molar-refractivity contribution in [1.29, 1.82) is 5.26 Å². The molecular weight excluding hydrogens is 406 g/mol. The van der Waals surface area contributed by atoms with Gasteiger partial charge < -0.3 is 19.9 Å². The number of nitrogens with two attached hydrogens (primary N) is 1. The van der Waals surface area contributed by atoms with Gasteiger partial charge in [0.2, 0.25) is 5.88 Å². The number of allylic oxidation sites excluding steroid dienone is 2. The molecule has 8 nitrogen and oxygen atoms in total. The molecule has 0 aliphatic carbocycles. The molecule has 1 atom stereocenters. The van der Waals surface area contributed by atoms with Gasteiger partial charge in [-0.25, -0.2) is 8.42 Å². The van der Waals surface area contributed by atoms with E-state index in [1.807, 2.05) is 6.07 Å². The van der Waals surface area contributed by atoms with E-state index in [1.165, 1.54) is 25.6 Å². The number of fused-ring (bicyclic) bond motifs is 2. The van der Waals surface area contributed by atoms with Crippen molar-refractivity contribution in [2.24, 2.45) is 5.73 Å². The highest BCUT2D eigenvalue weighted by Crippen LogP contribution is 2.52. The molecule has 0 bridgehead atoms. The number of benzene rings is 2. The van der Waals surface area contributed by atoms with Crippen LogP contribution in [0.4, 0.5) is 5.69 Å². The second-order valence-electron chi connectivity index (χ2n) is 6.72. The Hall–Kier alpha value is -3.64. The zero-order valence-corrected chi connectivity index (χ0v) is 17.4. The minimum absolute atomic E-state index is 0.00595. The maximum atomic E-state index is 13.5. The molecular formula is C21H19N3O5S. The summed E-state index contributed by atoms with van der Waals surface area (Å²) in [6.07, 6.45) is 0. The molecule has 154 valence electrons. The summed E-state index contributed by atoms with van der Waals surface area (Å²) in [5.74, 6) is -0.135. The Morgan fingerprint density at radius 2 is 1.90 bits per heavy atom. The summed E-state index contributed by atoms with van der Waals surface area (Å²) in [7, 11) is 0.421. The summed E-state index contributed by atoms with van der Waals surface area (Å²) in [5.41, 5.74) is 7.57. The Morgan fingerprint density at radius 3 is 2.57 bits per heavy atom. The number of ether oxygens (including phenoxy) is 3. The summed E-state index contributed by atoms with van der Waals surface area (Å²) < 4.78 is 44.7. The lowest BCUT2D eigenvalue weighted by atomic mass is 9.87. The van der Waals surface area contributed by atoms with E-state index < -0.39 is 15.9 Å². The Bertz CT molecular complexity index is 1260. The van der Waals surface area contributed by atoms with Gasteiger partial charge in [0.1, 0.15) is 28.0 Å². The second-order valence-corrected chi connectivity index (χ2v) is 8.65. The topological polar surface area (TPSA) is 115 Å². The van der Waals surface area contributed by atoms with E-state index in [0.717, 1.165) is 0 Å². The zero-order valence-electron chi connectivity index (χ0n) is 16.5. The number of para-hydroxylation sites is 1. The fraction of sp³-hybridized carbons (Fsp3) is 0.190. The van der Waals surface area contributed by atoms with Gasteiger partial charge in [0, 0.05) is 24.2 Å². The standard InChI is InChI=1S/C21H19N3O5S/c1-24-16-7-5-4-6-13(16)19-20(30(24,25)26)18(15(11-22)21(23)29-19)14-9-8-12(27-2)10-17(14)28-3/h4-10,18H,23H2,1-3H3. The van der Waals surface area contributed by atoms with Crippen LogP contribution in [0.5, 0.6) is 11.5 Å². The van der Waals surface area contributed by atoms with Crippen molar-refractivity contribution < 1.29 is 22.6 Å². The molecule has 2 aromatic rings. The van der Waals surface area contributed by atoms with Crippen LogP contribution in [0.2, 0.25) is 0 Å². The van der Waals surface area contributed by atoms with Gasteiger partial charge in [-0.15, -0.1) is 0 Å². The third-order valence-electron chi connectivity index (χ3n) is 5.25. The number of nitrogens with zero attached hydrogens (tertiary/aromatic N) is 2. The molecule has 0 saturated carbocycles. The number of sulfonamides is 1. The molecule has 0 radical (unpaired) electrons. The summed E-state index contributed by atoms with van der Waals surface area (Å²) >= 11 is 0. The molecule has 2 aliphatic heterocycles. The molecule has 0 amide bonds. The predicted octanol–water partition coefficient (Wildman–Crippen LogP) is 2.66. The van der Waals surface area contributed by atoms with Crippen molar-refractivity contribution in [2.75, 3.05) is 25.6 Å². The van der Waals surface area contributed by atoms with Gasteiger partial charge in [0.15, 0.2) is 5.76 Å². The summed E-state index contributed by atoms with van der Waals surface area (Å²) in [6, 6.07) is 13.9. The molecule has 2 heterocycles. The third-order valence-corrected chi connectivity index (χ3v) is 7.15. The number of hydrogen-bond donors (Lipinski definition) is 1. The Morgan fingerprint density at radius 1 is 1.17 bits per heavy atom. The van der Waals surface area contributed by atoms with Gasteiger partial charge in [-0.3, -0.25) is 4.31 Å². The molecule has 2 aliphatic rings. The van der Waals surface area contributed by atoms with Crippen LogP contribution < -0.4 is 19.5 Å². The van der Waals surface area contributed by atoms with Crippen molar-refractivity contribution in [3.8, 4) is 17.6 Å². The van der Waals surface area contributed by atoms with Gasteiger partial charge in [0.05, 0.1) is 25.8 Å². The number of anilines is 1. The van der Waals surface area contributed by atoms with Gasteiger partial charge in [-0.2, -0.15) is 5.26 Å². The first-order chi connectivity index (χ1) is 14.3. The molecule has 0 saturated heterocycles. The smallest absolute Gasteiger partial charge is 0.264 e. The fourth-order valence-electron chi connectivity index (χ4n) is 3.76. The summed E-state index contributed by atoms with van der Waals surface area (Å²) in [6.45, 7) is 0. The fourth-order valence-corrected chi connectivity index (χ4v) is 5.41. The van der Waals surface area contributed by atoms with Gasteiger partial charge >= 0.3 is 0 Å². The van der Waals surface area contributed by atoms with Gasteiger partial charge in [-0.1, -0.05) is 18.2 Å². The van der Waals surface area contributed by atoms with E-state index >= 15 is 0 Å². The minimum Gasteiger partial charge on any atom is -0.497 e. The van der Waals surface area contributed by atoms with E-state index in [9.17, 15) is 13.7 Å². The van der Waals surface area contributed by atoms with Crippen molar-refractivity contribution in [2.45, 2.75) is 5.92 Å². The normalized spacial score (nSPS) is 19.4. The molecule has 1 unspecified atom stereocenters. The maximum absolute atomic E-state index is 13.5. The minimum atomic E-state index is -4.02. The van der Waals surface area contributed by atoms with Crippen LogP contribution in [0.1, 0.15) is 17.0 Å². The van der Waals surface area contributed by atoms with Crippen LogP contribution in [0, 0.1) is 11.3 Å². The molecule has 0 aromatic heterocycles. The Balaban J connectivity index is 2.08. The van der Waals surface area contributed by atoms with Crippen LogP contribution in [-0.2, 0) is 14.8 Å². The highest BCUT2D eigenvalue weighted by atomic mass is 32.2. The average molecular weight is 425 g/mol. The molecule has 0 fully saturated rings. The molecule has 2 N–H and O–H groups in total. The predicted molar refractivity (Wildman–Crippen MR) is 111 cm³/mol. The molecule has 30 heavy (non-hydrogen) atoms. The van der Waals surface area contributed by atoms with Crippen LogP contribution in [0.3, 0.4) is 0 Å². The average Bonchev–Trinajstić information content (AvgIpc) is 2.76. The van der Waals surface area contributed by atoms with Crippen LogP contribution in [0.25, 0.3) is 5.76 Å². The number of methoxy groups -OCH3 is 2. The van der Waals surface area contributed by atoms with Crippen molar-refractivity contribution in [1.82, 2.24) is 0 Å². The van der Waals surface area contributed by atoms with Gasteiger partial charge in [-0.05, 0) is 18.2 Å². The lowest BCUT2D eigenvalue weighted by Gasteiger charge is -2.36. The second kappa shape index (κ2) is 7.00. The van der Waals surface area contributed by atoms with E-state index in [0.29, 0.717) is 28.3 Å². The van der Waals surface area contributed by atoms with Crippen molar-refractivity contribution in [3.05, 3.63) is 70.0 Å². The lowest BCUT2D eigenvalue weighted by molar-refractivity contribution is 0.355. The number of hydrogen-bond acceptors (Lipinski definition) is 7. The summed E-state index contributed by atoms with van der Waals surface area (Å²) in [5, 5.41) is 9.81. The van der Waals surface area contributed by atoms with Crippen molar-refractivity contribution in [3.63, 3.8) is 0 Å². The SMILES string of the molecule is COc1ccc(C2C(C#N)=C(N)OC3=C2S(=O)(=O)N(C)c2ccccc23)c(OC)c1. The summed E-state index contributed by atoms with van der Waals surface area (Å²) in [4.78, 5) is -0.0575. The Kier molecular flexibility index (Phi) is 4.59. The quantitative estimate of drug-likeness (QED) is 0.804. The first-order valence-electron chi connectivity index (χ1n) is 8.97. The van der Waals surface area contributed by atoms with E-state index in [1.54, 1.807) is 42.5 Å². The van der Waals surface area contributed by atoms with Gasteiger partial charge in [0.25, 0.3) is 10.0 Å². The molecule has 4 rings (SSSR count). The van der Waals surface area contributed by atoms with Crippen molar-refractivity contribution >= 4 is 21.5 Å². The zero-order chi connectivity index (χ0) is 21.6. The van der Waals surface area contributed by atoms with E-state index in [-0.39, 0.29) is 22.1 Å². The third kappa shape index (κ3) is 2.69. The highest BCUT2D eigenvalue weighted by molar-refractivity contribution is 7.96. The number of rotatable bonds is 3.